The zero-order valence-corrected chi connectivity index (χ0v) is 17.8. The molecule has 1 fully saturated rings. The van der Waals surface area contributed by atoms with E-state index in [2.05, 4.69) is 10.1 Å². The Kier molecular flexibility index (Phi) is 5.75. The molecular formula is C21H22N4O5S. The lowest BCUT2D eigenvalue weighted by Crippen LogP contribution is -2.28. The van der Waals surface area contributed by atoms with Gasteiger partial charge < -0.3 is 15.0 Å². The molecular weight excluding hydrogens is 420 g/mol. The van der Waals surface area contributed by atoms with Gasteiger partial charge >= 0.3 is 0 Å². The molecule has 3 aromatic rings. The highest BCUT2D eigenvalue weighted by Crippen LogP contribution is 2.27. The largest absolute Gasteiger partial charge is 0.483 e. The topological polar surface area (TPSA) is 129 Å². The molecule has 2 aromatic carbocycles. The molecule has 2 N–H and O–H groups in total. The fraction of sp³-hybridized carbons (Fsp3) is 0.286. The van der Waals surface area contributed by atoms with Crippen molar-refractivity contribution in [2.45, 2.75) is 31.3 Å². The van der Waals surface area contributed by atoms with Gasteiger partial charge in [0.15, 0.2) is 6.61 Å². The first-order valence-corrected chi connectivity index (χ1v) is 11.2. The first-order valence-electron chi connectivity index (χ1n) is 9.81. The molecule has 31 heavy (non-hydrogen) atoms. The van der Waals surface area contributed by atoms with Crippen molar-refractivity contribution in [3.63, 3.8) is 0 Å². The molecule has 0 atom stereocenters. The van der Waals surface area contributed by atoms with Crippen molar-refractivity contribution in [1.29, 1.82) is 0 Å². The second-order valence-electron chi connectivity index (χ2n) is 7.30. The Balaban J connectivity index is 1.53. The molecule has 0 spiro atoms. The minimum Gasteiger partial charge on any atom is -0.483 e. The first kappa shape index (κ1) is 21.0. The van der Waals surface area contributed by atoms with E-state index in [4.69, 9.17) is 15.0 Å². The Morgan fingerprint density at radius 2 is 1.97 bits per heavy atom. The molecule has 0 bridgehead atoms. The summed E-state index contributed by atoms with van der Waals surface area (Å²) >= 11 is 0. The lowest BCUT2D eigenvalue weighted by atomic mass is 10.1. The number of amides is 1. The molecule has 1 aromatic heterocycles. The van der Waals surface area contributed by atoms with Crippen LogP contribution in [0.1, 0.15) is 34.7 Å². The minimum absolute atomic E-state index is 0.00933. The normalized spacial score (nSPS) is 14.6. The van der Waals surface area contributed by atoms with Crippen LogP contribution in [-0.2, 0) is 16.6 Å². The van der Waals surface area contributed by atoms with Crippen molar-refractivity contribution in [2.75, 3.05) is 13.1 Å². The molecule has 162 valence electrons. The average molecular weight is 442 g/mol. The van der Waals surface area contributed by atoms with E-state index in [1.54, 1.807) is 0 Å². The third-order valence-electron chi connectivity index (χ3n) is 5.01. The lowest BCUT2D eigenvalue weighted by molar-refractivity contribution is 0.0994. The highest BCUT2D eigenvalue weighted by molar-refractivity contribution is 7.89. The van der Waals surface area contributed by atoms with E-state index in [9.17, 15) is 13.2 Å². The summed E-state index contributed by atoms with van der Waals surface area (Å²) < 4.78 is 37.8. The van der Waals surface area contributed by atoms with Gasteiger partial charge in [0.05, 0.1) is 10.5 Å². The number of rotatable bonds is 7. The summed E-state index contributed by atoms with van der Waals surface area (Å²) in [6, 6.07) is 11.7. The Hall–Kier alpha value is -3.24. The second-order valence-corrected chi connectivity index (χ2v) is 9.24. The summed E-state index contributed by atoms with van der Waals surface area (Å²) in [5.41, 5.74) is 7.31. The molecule has 1 aliphatic heterocycles. The SMILES string of the molecule is Cc1cccc(-c2noc(COc3ccc(S(=O)(=O)N4CCCC4)cc3C(N)=O)n2)c1. The van der Waals surface area contributed by atoms with Gasteiger partial charge in [-0.15, -0.1) is 0 Å². The van der Waals surface area contributed by atoms with Gasteiger partial charge in [0.25, 0.3) is 11.8 Å². The van der Waals surface area contributed by atoms with E-state index in [-0.39, 0.29) is 28.7 Å². The van der Waals surface area contributed by atoms with Gasteiger partial charge in [0.1, 0.15) is 5.75 Å². The number of carbonyl (C=O) groups is 1. The molecule has 9 nitrogen and oxygen atoms in total. The quantitative estimate of drug-likeness (QED) is 0.595. The maximum Gasteiger partial charge on any atom is 0.264 e. The van der Waals surface area contributed by atoms with Crippen molar-refractivity contribution in [3.05, 3.63) is 59.5 Å². The van der Waals surface area contributed by atoms with E-state index < -0.39 is 15.9 Å². The van der Waals surface area contributed by atoms with Crippen molar-refractivity contribution in [3.8, 4) is 17.1 Å². The number of sulfonamides is 1. The standard InChI is InChI=1S/C21H22N4O5S/c1-14-5-4-6-15(11-14)21-23-19(30-24-21)13-29-18-8-7-16(12-17(18)20(22)26)31(27,28)25-9-2-3-10-25/h4-8,11-12H,2-3,9-10,13H2,1H3,(H2,22,26). The lowest BCUT2D eigenvalue weighted by Gasteiger charge is -2.16. The van der Waals surface area contributed by atoms with Crippen LogP contribution in [0.2, 0.25) is 0 Å². The summed E-state index contributed by atoms with van der Waals surface area (Å²) in [6.07, 6.45) is 1.63. The first-order chi connectivity index (χ1) is 14.8. The second kappa shape index (κ2) is 8.48. The highest BCUT2D eigenvalue weighted by atomic mass is 32.2. The van der Waals surface area contributed by atoms with Gasteiger partial charge in [-0.3, -0.25) is 4.79 Å². The van der Waals surface area contributed by atoms with E-state index in [0.717, 1.165) is 24.0 Å². The van der Waals surface area contributed by atoms with Crippen LogP contribution in [0.5, 0.6) is 5.75 Å². The summed E-state index contributed by atoms with van der Waals surface area (Å²) in [4.78, 5) is 16.2. The Morgan fingerprint density at radius 3 is 2.68 bits per heavy atom. The number of carbonyl (C=O) groups excluding carboxylic acids is 1. The smallest absolute Gasteiger partial charge is 0.264 e. The third kappa shape index (κ3) is 4.44. The monoisotopic (exact) mass is 442 g/mol. The predicted molar refractivity (Wildman–Crippen MR) is 112 cm³/mol. The van der Waals surface area contributed by atoms with Gasteiger partial charge in [-0.2, -0.15) is 9.29 Å². The number of hydrogen-bond donors (Lipinski definition) is 1. The number of ether oxygens (including phenoxy) is 1. The number of aromatic nitrogens is 2. The number of nitrogens with two attached hydrogens (primary N) is 1. The predicted octanol–water partition coefficient (Wildman–Crippen LogP) is 2.51. The van der Waals surface area contributed by atoms with E-state index in [1.165, 1.54) is 22.5 Å². The van der Waals surface area contributed by atoms with Crippen LogP contribution in [0, 0.1) is 6.92 Å². The van der Waals surface area contributed by atoms with Crippen LogP contribution >= 0.6 is 0 Å². The Morgan fingerprint density at radius 1 is 1.19 bits per heavy atom. The fourth-order valence-corrected chi connectivity index (χ4v) is 4.96. The minimum atomic E-state index is -3.68. The number of benzene rings is 2. The van der Waals surface area contributed by atoms with Crippen LogP contribution in [0.15, 0.2) is 51.9 Å². The Labute approximate surface area is 179 Å². The molecule has 0 aliphatic carbocycles. The molecule has 4 rings (SSSR count). The van der Waals surface area contributed by atoms with Gasteiger partial charge in [-0.1, -0.05) is 28.9 Å². The van der Waals surface area contributed by atoms with Crippen molar-refractivity contribution < 1.29 is 22.5 Å². The maximum atomic E-state index is 12.8. The number of nitrogens with zero attached hydrogens (tertiary/aromatic N) is 3. The highest BCUT2D eigenvalue weighted by Gasteiger charge is 2.28. The van der Waals surface area contributed by atoms with Gasteiger partial charge in [0.2, 0.25) is 15.8 Å². The zero-order chi connectivity index (χ0) is 22.0. The zero-order valence-electron chi connectivity index (χ0n) is 16.9. The average Bonchev–Trinajstić information content (AvgIpc) is 3.44. The maximum absolute atomic E-state index is 12.8. The molecule has 1 saturated heterocycles. The van der Waals surface area contributed by atoms with Crippen molar-refractivity contribution >= 4 is 15.9 Å². The van der Waals surface area contributed by atoms with Crippen LogP contribution in [0.4, 0.5) is 0 Å². The molecule has 1 amide bonds. The number of primary amides is 1. The van der Waals surface area contributed by atoms with Crippen LogP contribution in [0.25, 0.3) is 11.4 Å². The molecule has 10 heteroatoms. The fourth-order valence-electron chi connectivity index (χ4n) is 3.42. The van der Waals surface area contributed by atoms with Crippen LogP contribution < -0.4 is 10.5 Å². The number of aryl methyl sites for hydroxylation is 1. The van der Waals surface area contributed by atoms with Crippen LogP contribution in [-0.4, -0.2) is 41.9 Å². The summed E-state index contributed by atoms with van der Waals surface area (Å²) in [6.45, 7) is 2.80. The van der Waals surface area contributed by atoms with Crippen LogP contribution in [0.3, 0.4) is 0 Å². The van der Waals surface area contributed by atoms with Gasteiger partial charge in [-0.05, 0) is 44.0 Å². The summed E-state index contributed by atoms with van der Waals surface area (Å²) in [7, 11) is -3.68. The van der Waals surface area contributed by atoms with Crippen molar-refractivity contribution in [2.24, 2.45) is 5.73 Å². The van der Waals surface area contributed by atoms with E-state index in [1.807, 2.05) is 31.2 Å². The summed E-state index contributed by atoms with van der Waals surface area (Å²) in [5.74, 6) is -0.0206. The Bertz CT molecular complexity index is 1220. The molecule has 1 aliphatic rings. The van der Waals surface area contributed by atoms with Crippen molar-refractivity contribution in [1.82, 2.24) is 14.4 Å². The number of hydrogen-bond acceptors (Lipinski definition) is 7. The van der Waals surface area contributed by atoms with Gasteiger partial charge in [0, 0.05) is 18.7 Å². The molecule has 0 saturated carbocycles. The molecule has 0 unspecified atom stereocenters. The third-order valence-corrected chi connectivity index (χ3v) is 6.91. The van der Waals surface area contributed by atoms with Gasteiger partial charge in [-0.25, -0.2) is 8.42 Å². The molecule has 0 radical (unpaired) electrons. The van der Waals surface area contributed by atoms with E-state index in [0.29, 0.717) is 18.9 Å². The van der Waals surface area contributed by atoms with E-state index >= 15 is 0 Å². The summed E-state index contributed by atoms with van der Waals surface area (Å²) in [5, 5.41) is 3.95. The molecule has 2 heterocycles.